The standard InChI is InChI=1S/C21H25NO5/c1-14-8-7-11-18(15(14)2)26-13-20(23)27-16(3)21(24)22-12-17-9-5-6-10-19(17)25-4/h5-11,16H,12-13H2,1-4H3,(H,22,24)/t16-/m1/s1. The lowest BCUT2D eigenvalue weighted by Gasteiger charge is -2.15. The van der Waals surface area contributed by atoms with E-state index in [1.165, 1.54) is 6.92 Å². The van der Waals surface area contributed by atoms with E-state index in [9.17, 15) is 9.59 Å². The van der Waals surface area contributed by atoms with Gasteiger partial charge in [0, 0.05) is 12.1 Å². The van der Waals surface area contributed by atoms with Crippen LogP contribution in [0.2, 0.25) is 0 Å². The quantitative estimate of drug-likeness (QED) is 0.722. The minimum atomic E-state index is -0.922. The first-order valence-corrected chi connectivity index (χ1v) is 8.70. The van der Waals surface area contributed by atoms with Crippen molar-refractivity contribution >= 4 is 11.9 Å². The molecule has 1 amide bonds. The fourth-order valence-corrected chi connectivity index (χ4v) is 2.48. The third kappa shape index (κ3) is 5.74. The highest BCUT2D eigenvalue weighted by atomic mass is 16.6. The molecule has 0 heterocycles. The average Bonchev–Trinajstić information content (AvgIpc) is 2.67. The van der Waals surface area contributed by atoms with E-state index in [2.05, 4.69) is 5.32 Å². The third-order valence-corrected chi connectivity index (χ3v) is 4.22. The molecular formula is C21H25NO5. The summed E-state index contributed by atoms with van der Waals surface area (Å²) in [7, 11) is 1.57. The molecule has 144 valence electrons. The monoisotopic (exact) mass is 371 g/mol. The van der Waals surface area contributed by atoms with Crippen LogP contribution in [0.15, 0.2) is 42.5 Å². The maximum absolute atomic E-state index is 12.2. The van der Waals surface area contributed by atoms with Gasteiger partial charge in [-0.25, -0.2) is 4.79 Å². The molecule has 6 heteroatoms. The Labute approximate surface area is 159 Å². The summed E-state index contributed by atoms with van der Waals surface area (Å²) in [6.07, 6.45) is -0.922. The summed E-state index contributed by atoms with van der Waals surface area (Å²) in [5.74, 6) is 0.321. The van der Waals surface area contributed by atoms with Gasteiger partial charge in [0.1, 0.15) is 11.5 Å². The molecule has 27 heavy (non-hydrogen) atoms. The number of hydrogen-bond acceptors (Lipinski definition) is 5. The van der Waals surface area contributed by atoms with E-state index < -0.39 is 12.1 Å². The van der Waals surface area contributed by atoms with Gasteiger partial charge in [0.05, 0.1) is 7.11 Å². The number of hydrogen-bond donors (Lipinski definition) is 1. The van der Waals surface area contributed by atoms with E-state index in [0.29, 0.717) is 11.5 Å². The lowest BCUT2D eigenvalue weighted by atomic mass is 10.1. The fourth-order valence-electron chi connectivity index (χ4n) is 2.48. The summed E-state index contributed by atoms with van der Waals surface area (Å²) in [5.41, 5.74) is 2.88. The number of nitrogens with one attached hydrogen (secondary N) is 1. The molecule has 0 saturated heterocycles. The van der Waals surface area contributed by atoms with Gasteiger partial charge in [0.25, 0.3) is 5.91 Å². The van der Waals surface area contributed by atoms with Gasteiger partial charge in [-0.05, 0) is 44.0 Å². The number of para-hydroxylation sites is 1. The first-order valence-electron chi connectivity index (χ1n) is 8.70. The molecule has 0 aliphatic carbocycles. The van der Waals surface area contributed by atoms with Crippen molar-refractivity contribution < 1.29 is 23.8 Å². The smallest absolute Gasteiger partial charge is 0.344 e. The van der Waals surface area contributed by atoms with Crippen molar-refractivity contribution in [3.8, 4) is 11.5 Å². The molecule has 1 atom stereocenters. The van der Waals surface area contributed by atoms with Crippen molar-refractivity contribution in [3.05, 3.63) is 59.2 Å². The molecule has 0 saturated carbocycles. The Bertz CT molecular complexity index is 803. The molecule has 0 aliphatic rings. The number of methoxy groups -OCH3 is 1. The predicted octanol–water partition coefficient (Wildman–Crippen LogP) is 2.94. The number of esters is 1. The summed E-state index contributed by atoms with van der Waals surface area (Å²) in [4.78, 5) is 24.1. The van der Waals surface area contributed by atoms with Gasteiger partial charge in [-0.1, -0.05) is 30.3 Å². The Morgan fingerprint density at radius 1 is 1.04 bits per heavy atom. The Hall–Kier alpha value is -3.02. The molecule has 0 spiro atoms. The van der Waals surface area contributed by atoms with Crippen LogP contribution in [0.3, 0.4) is 0 Å². The summed E-state index contributed by atoms with van der Waals surface area (Å²) in [6, 6.07) is 13.0. The van der Waals surface area contributed by atoms with Crippen LogP contribution >= 0.6 is 0 Å². The van der Waals surface area contributed by atoms with Gasteiger partial charge in [0.2, 0.25) is 0 Å². The molecular weight excluding hydrogens is 346 g/mol. The molecule has 0 aliphatic heterocycles. The Kier molecular flexibility index (Phi) is 7.23. The minimum Gasteiger partial charge on any atom is -0.496 e. The fraction of sp³-hybridized carbons (Fsp3) is 0.333. The largest absolute Gasteiger partial charge is 0.496 e. The lowest BCUT2D eigenvalue weighted by molar-refractivity contribution is -0.156. The summed E-state index contributed by atoms with van der Waals surface area (Å²) < 4.78 is 15.9. The normalized spacial score (nSPS) is 11.4. The van der Waals surface area contributed by atoms with Gasteiger partial charge in [-0.15, -0.1) is 0 Å². The zero-order valence-electron chi connectivity index (χ0n) is 16.1. The highest BCUT2D eigenvalue weighted by molar-refractivity contribution is 5.83. The highest BCUT2D eigenvalue weighted by Crippen LogP contribution is 2.20. The number of carbonyl (C=O) groups excluding carboxylic acids is 2. The van der Waals surface area contributed by atoms with Gasteiger partial charge >= 0.3 is 5.97 Å². The predicted molar refractivity (Wildman–Crippen MR) is 102 cm³/mol. The number of aryl methyl sites for hydroxylation is 1. The third-order valence-electron chi connectivity index (χ3n) is 4.22. The van der Waals surface area contributed by atoms with Crippen LogP contribution in [0.1, 0.15) is 23.6 Å². The second-order valence-electron chi connectivity index (χ2n) is 6.15. The second-order valence-corrected chi connectivity index (χ2v) is 6.15. The maximum atomic E-state index is 12.2. The molecule has 0 fully saturated rings. The molecule has 6 nitrogen and oxygen atoms in total. The van der Waals surface area contributed by atoms with Crippen LogP contribution < -0.4 is 14.8 Å². The van der Waals surface area contributed by atoms with Crippen LogP contribution in [0, 0.1) is 13.8 Å². The zero-order chi connectivity index (χ0) is 19.8. The van der Waals surface area contributed by atoms with Gasteiger partial charge in [-0.3, -0.25) is 4.79 Å². The molecule has 0 bridgehead atoms. The van der Waals surface area contributed by atoms with Crippen LogP contribution in [0.5, 0.6) is 11.5 Å². The van der Waals surface area contributed by atoms with E-state index in [4.69, 9.17) is 14.2 Å². The summed E-state index contributed by atoms with van der Waals surface area (Å²) in [6.45, 7) is 5.43. The zero-order valence-corrected chi connectivity index (χ0v) is 16.1. The number of benzene rings is 2. The maximum Gasteiger partial charge on any atom is 0.344 e. The Balaban J connectivity index is 1.81. The molecule has 0 aromatic heterocycles. The number of carbonyl (C=O) groups is 2. The van der Waals surface area contributed by atoms with Crippen molar-refractivity contribution in [1.29, 1.82) is 0 Å². The first-order chi connectivity index (χ1) is 12.9. The highest BCUT2D eigenvalue weighted by Gasteiger charge is 2.18. The molecule has 2 rings (SSSR count). The van der Waals surface area contributed by atoms with Crippen molar-refractivity contribution in [3.63, 3.8) is 0 Å². The van der Waals surface area contributed by atoms with Gasteiger partial charge in [-0.2, -0.15) is 0 Å². The average molecular weight is 371 g/mol. The van der Waals surface area contributed by atoms with Crippen molar-refractivity contribution in [2.24, 2.45) is 0 Å². The number of ether oxygens (including phenoxy) is 3. The number of amides is 1. The summed E-state index contributed by atoms with van der Waals surface area (Å²) >= 11 is 0. The first kappa shape index (κ1) is 20.3. The van der Waals surface area contributed by atoms with E-state index in [0.717, 1.165) is 16.7 Å². The van der Waals surface area contributed by atoms with Crippen LogP contribution in [0.25, 0.3) is 0 Å². The molecule has 0 radical (unpaired) electrons. The van der Waals surface area contributed by atoms with E-state index in [1.807, 2.05) is 50.2 Å². The molecule has 2 aromatic rings. The van der Waals surface area contributed by atoms with E-state index in [-0.39, 0.29) is 19.1 Å². The van der Waals surface area contributed by atoms with Crippen molar-refractivity contribution in [1.82, 2.24) is 5.32 Å². The second kappa shape index (κ2) is 9.62. The van der Waals surface area contributed by atoms with Gasteiger partial charge in [0.15, 0.2) is 12.7 Å². The summed E-state index contributed by atoms with van der Waals surface area (Å²) in [5, 5.41) is 2.73. The number of rotatable bonds is 8. The van der Waals surface area contributed by atoms with E-state index in [1.54, 1.807) is 13.2 Å². The Morgan fingerprint density at radius 2 is 1.74 bits per heavy atom. The topological polar surface area (TPSA) is 73.9 Å². The SMILES string of the molecule is COc1ccccc1CNC(=O)[C@@H](C)OC(=O)COc1cccc(C)c1C. The van der Waals surface area contributed by atoms with E-state index >= 15 is 0 Å². The molecule has 0 unspecified atom stereocenters. The van der Waals surface area contributed by atoms with Gasteiger partial charge < -0.3 is 19.5 Å². The van der Waals surface area contributed by atoms with Crippen LogP contribution in [-0.2, 0) is 20.9 Å². The Morgan fingerprint density at radius 3 is 2.48 bits per heavy atom. The van der Waals surface area contributed by atoms with Crippen molar-refractivity contribution in [2.45, 2.75) is 33.4 Å². The van der Waals surface area contributed by atoms with Crippen molar-refractivity contribution in [2.75, 3.05) is 13.7 Å². The lowest BCUT2D eigenvalue weighted by Crippen LogP contribution is -2.36. The van der Waals surface area contributed by atoms with Crippen LogP contribution in [0.4, 0.5) is 0 Å². The van der Waals surface area contributed by atoms with Crippen LogP contribution in [-0.4, -0.2) is 31.7 Å². The molecule has 1 N–H and O–H groups in total. The molecule has 2 aromatic carbocycles. The minimum absolute atomic E-state index is 0.256.